The molecule has 0 N–H and O–H groups in total. The van der Waals surface area contributed by atoms with Crippen LogP contribution < -0.4 is 14.4 Å². The summed E-state index contributed by atoms with van der Waals surface area (Å²) in [5.41, 5.74) is 0.253. The maximum Gasteiger partial charge on any atom is 0.339 e. The Labute approximate surface area is 133 Å². The summed E-state index contributed by atoms with van der Waals surface area (Å²) >= 11 is 6.15. The van der Waals surface area contributed by atoms with Gasteiger partial charge in [-0.2, -0.15) is 0 Å². The maximum atomic E-state index is 11.6. The molecule has 0 atom stereocenters. The van der Waals surface area contributed by atoms with E-state index in [9.17, 15) is 10.1 Å². The van der Waals surface area contributed by atoms with Crippen LogP contribution in [0.4, 0.5) is 11.4 Å². The fourth-order valence-corrected chi connectivity index (χ4v) is 2.64. The minimum atomic E-state index is -0.468. The maximum absolute atomic E-state index is 11.6. The predicted molar refractivity (Wildman–Crippen MR) is 83.5 cm³/mol. The van der Waals surface area contributed by atoms with Gasteiger partial charge >= 0.3 is 5.69 Å². The number of rotatable bonds is 6. The fraction of sp³-hybridized carbons (Fsp3) is 0.571. The van der Waals surface area contributed by atoms with Gasteiger partial charge in [0.2, 0.25) is 5.75 Å². The number of halogens is 1. The average molecular weight is 331 g/mol. The van der Waals surface area contributed by atoms with E-state index in [-0.39, 0.29) is 23.1 Å². The van der Waals surface area contributed by atoms with E-state index in [1.54, 1.807) is 13.0 Å². The highest BCUT2D eigenvalue weighted by Crippen LogP contribution is 2.48. The van der Waals surface area contributed by atoms with E-state index >= 15 is 0 Å². The molecule has 7 nitrogen and oxygen atoms in total. The summed E-state index contributed by atoms with van der Waals surface area (Å²) in [7, 11) is 0. The number of ether oxygens (including phenoxy) is 3. The molecule has 22 heavy (non-hydrogen) atoms. The number of nitrogens with zero attached hydrogens (tertiary/aromatic N) is 2. The number of anilines is 1. The normalized spacial score (nSPS) is 14.8. The molecule has 1 aliphatic heterocycles. The molecule has 0 aromatic heterocycles. The summed E-state index contributed by atoms with van der Waals surface area (Å²) in [6, 6.07) is 1.58. The second kappa shape index (κ2) is 7.51. The van der Waals surface area contributed by atoms with Crippen LogP contribution in [0, 0.1) is 10.1 Å². The van der Waals surface area contributed by atoms with Crippen molar-refractivity contribution in [1.29, 1.82) is 0 Å². The number of nitro groups is 1. The van der Waals surface area contributed by atoms with Gasteiger partial charge in [-0.25, -0.2) is 0 Å². The zero-order chi connectivity index (χ0) is 16.1. The summed E-state index contributed by atoms with van der Waals surface area (Å²) in [4.78, 5) is 13.0. The van der Waals surface area contributed by atoms with E-state index in [1.807, 2.05) is 11.8 Å². The highest BCUT2D eigenvalue weighted by molar-refractivity contribution is 6.33. The van der Waals surface area contributed by atoms with Gasteiger partial charge in [0.25, 0.3) is 0 Å². The first-order valence-corrected chi connectivity index (χ1v) is 7.57. The Kier molecular flexibility index (Phi) is 5.68. The number of hydrogen-bond acceptors (Lipinski definition) is 6. The lowest BCUT2D eigenvalue weighted by molar-refractivity contribution is -0.385. The molecule has 1 aromatic carbocycles. The summed E-state index contributed by atoms with van der Waals surface area (Å²) < 4.78 is 16.3. The van der Waals surface area contributed by atoms with Crippen LogP contribution in [0.2, 0.25) is 5.02 Å². The molecule has 1 aromatic rings. The number of morpholine rings is 1. The number of nitro benzene ring substituents is 1. The van der Waals surface area contributed by atoms with Gasteiger partial charge in [-0.3, -0.25) is 10.1 Å². The number of benzene rings is 1. The quantitative estimate of drug-likeness (QED) is 0.590. The Morgan fingerprint density at radius 3 is 2.50 bits per heavy atom. The Bertz CT molecular complexity index is 547. The third kappa shape index (κ3) is 3.36. The van der Waals surface area contributed by atoms with Crippen LogP contribution in [0.15, 0.2) is 6.07 Å². The van der Waals surface area contributed by atoms with Crippen molar-refractivity contribution in [3.8, 4) is 11.5 Å². The van der Waals surface area contributed by atoms with Crippen LogP contribution in [0.1, 0.15) is 13.8 Å². The Balaban J connectivity index is 2.62. The lowest BCUT2D eigenvalue weighted by atomic mass is 10.2. The first-order valence-electron chi connectivity index (χ1n) is 7.19. The molecule has 8 heteroatoms. The lowest BCUT2D eigenvalue weighted by Gasteiger charge is -2.30. The topological polar surface area (TPSA) is 74.1 Å². The summed E-state index contributed by atoms with van der Waals surface area (Å²) in [5, 5.41) is 11.8. The molecular weight excluding hydrogens is 312 g/mol. The molecule has 0 saturated carbocycles. The van der Waals surface area contributed by atoms with Gasteiger partial charge in [0, 0.05) is 19.2 Å². The van der Waals surface area contributed by atoms with Gasteiger partial charge in [0.05, 0.1) is 36.4 Å². The van der Waals surface area contributed by atoms with E-state index in [2.05, 4.69) is 0 Å². The fourth-order valence-electron chi connectivity index (χ4n) is 2.40. The van der Waals surface area contributed by atoms with Crippen LogP contribution in [-0.4, -0.2) is 44.4 Å². The van der Waals surface area contributed by atoms with Crippen molar-refractivity contribution in [3.63, 3.8) is 0 Å². The SMILES string of the molecule is CCOc1cc(Cl)c(OCC)c([N+](=O)[O-])c1N1CCOCC1. The van der Waals surface area contributed by atoms with E-state index in [0.717, 1.165) is 0 Å². The van der Waals surface area contributed by atoms with Crippen molar-refractivity contribution in [1.82, 2.24) is 0 Å². The van der Waals surface area contributed by atoms with Crippen molar-refractivity contribution in [3.05, 3.63) is 21.2 Å². The zero-order valence-corrected chi connectivity index (χ0v) is 13.4. The summed E-state index contributed by atoms with van der Waals surface area (Å²) in [5.74, 6) is 0.476. The van der Waals surface area contributed by atoms with E-state index in [1.165, 1.54) is 0 Å². The van der Waals surface area contributed by atoms with Gasteiger partial charge < -0.3 is 19.1 Å². The smallest absolute Gasteiger partial charge is 0.339 e. The molecule has 0 amide bonds. The van der Waals surface area contributed by atoms with Crippen LogP contribution in [-0.2, 0) is 4.74 Å². The molecule has 2 rings (SSSR count). The molecular formula is C14H19ClN2O5. The Morgan fingerprint density at radius 2 is 1.95 bits per heavy atom. The molecule has 1 fully saturated rings. The third-order valence-corrected chi connectivity index (χ3v) is 3.53. The van der Waals surface area contributed by atoms with Gasteiger partial charge in [0.15, 0.2) is 11.4 Å². The van der Waals surface area contributed by atoms with Crippen molar-refractivity contribution >= 4 is 23.0 Å². The zero-order valence-electron chi connectivity index (χ0n) is 12.6. The van der Waals surface area contributed by atoms with E-state index < -0.39 is 4.92 Å². The molecule has 0 unspecified atom stereocenters. The molecule has 0 radical (unpaired) electrons. The molecule has 0 aliphatic carbocycles. The average Bonchev–Trinajstić information content (AvgIpc) is 2.50. The highest BCUT2D eigenvalue weighted by Gasteiger charge is 2.32. The Morgan fingerprint density at radius 1 is 1.32 bits per heavy atom. The first-order chi connectivity index (χ1) is 10.6. The van der Waals surface area contributed by atoms with E-state index in [4.69, 9.17) is 25.8 Å². The molecule has 122 valence electrons. The number of hydrogen-bond donors (Lipinski definition) is 0. The van der Waals surface area contributed by atoms with Crippen molar-refractivity contribution < 1.29 is 19.1 Å². The lowest BCUT2D eigenvalue weighted by Crippen LogP contribution is -2.37. The van der Waals surface area contributed by atoms with Crippen LogP contribution >= 0.6 is 11.6 Å². The molecule has 1 heterocycles. The van der Waals surface area contributed by atoms with Crippen molar-refractivity contribution in [2.45, 2.75) is 13.8 Å². The minimum Gasteiger partial charge on any atom is -0.491 e. The molecule has 0 bridgehead atoms. The summed E-state index contributed by atoms with van der Waals surface area (Å²) in [6.07, 6.45) is 0. The standard InChI is InChI=1S/C14H19ClN2O5/c1-3-21-11-9-10(15)14(22-4-2)13(17(18)19)12(11)16-5-7-20-8-6-16/h9H,3-8H2,1-2H3. The predicted octanol–water partition coefficient (Wildman–Crippen LogP) is 2.88. The van der Waals surface area contributed by atoms with Crippen molar-refractivity contribution in [2.24, 2.45) is 0 Å². The second-order valence-electron chi connectivity index (χ2n) is 4.61. The third-order valence-electron chi connectivity index (χ3n) is 3.25. The van der Waals surface area contributed by atoms with Crippen LogP contribution in [0.25, 0.3) is 0 Å². The molecule has 1 saturated heterocycles. The van der Waals surface area contributed by atoms with Gasteiger partial charge in [0.1, 0.15) is 0 Å². The first kappa shape index (κ1) is 16.6. The Hall–Kier alpha value is -1.73. The summed E-state index contributed by atoms with van der Waals surface area (Å²) in [6.45, 7) is 6.37. The van der Waals surface area contributed by atoms with Crippen LogP contribution in [0.3, 0.4) is 0 Å². The van der Waals surface area contributed by atoms with Crippen LogP contribution in [0.5, 0.6) is 11.5 Å². The highest BCUT2D eigenvalue weighted by atomic mass is 35.5. The molecule has 1 aliphatic rings. The van der Waals surface area contributed by atoms with Gasteiger partial charge in [-0.05, 0) is 13.8 Å². The van der Waals surface area contributed by atoms with Gasteiger partial charge in [-0.1, -0.05) is 11.6 Å². The second-order valence-corrected chi connectivity index (χ2v) is 5.01. The largest absolute Gasteiger partial charge is 0.491 e. The molecule has 0 spiro atoms. The van der Waals surface area contributed by atoms with Crippen molar-refractivity contribution in [2.75, 3.05) is 44.4 Å². The monoisotopic (exact) mass is 330 g/mol. The minimum absolute atomic E-state index is 0.0825. The van der Waals surface area contributed by atoms with Gasteiger partial charge in [-0.15, -0.1) is 0 Å². The van der Waals surface area contributed by atoms with E-state index in [0.29, 0.717) is 44.3 Å².